The molecule has 0 aromatic heterocycles. The second kappa shape index (κ2) is 8.35. The fourth-order valence-electron chi connectivity index (χ4n) is 2.89. The van der Waals surface area contributed by atoms with Gasteiger partial charge in [0.25, 0.3) is 0 Å². The summed E-state index contributed by atoms with van der Waals surface area (Å²) in [5.74, 6) is -0.799. The van der Waals surface area contributed by atoms with Gasteiger partial charge in [0.05, 0.1) is 18.1 Å². The van der Waals surface area contributed by atoms with E-state index in [4.69, 9.17) is 14.2 Å². The molecule has 1 aliphatic rings. The van der Waals surface area contributed by atoms with Gasteiger partial charge in [-0.3, -0.25) is 0 Å². The van der Waals surface area contributed by atoms with Crippen molar-refractivity contribution in [1.29, 1.82) is 0 Å². The van der Waals surface area contributed by atoms with Gasteiger partial charge < -0.3 is 14.2 Å². The Bertz CT molecular complexity index is 860. The van der Waals surface area contributed by atoms with E-state index in [0.29, 0.717) is 13.2 Å². The highest BCUT2D eigenvalue weighted by molar-refractivity contribution is 7.94. The molecule has 1 heterocycles. The van der Waals surface area contributed by atoms with Crippen LogP contribution in [0.5, 0.6) is 0 Å². The van der Waals surface area contributed by atoms with Crippen LogP contribution in [0.2, 0.25) is 0 Å². The summed E-state index contributed by atoms with van der Waals surface area (Å²) in [7, 11) is -3.53. The average molecular weight is 388 g/mol. The van der Waals surface area contributed by atoms with Crippen LogP contribution >= 0.6 is 0 Å². The SMILES string of the molecule is CC1(C)O[C@H](/C=C/S(=O)(=O)c2ccccc2)[C@@H](COCc2ccccc2)O1. The van der Waals surface area contributed by atoms with Crippen molar-refractivity contribution < 1.29 is 22.6 Å². The normalized spacial score (nSPS) is 22.3. The van der Waals surface area contributed by atoms with Crippen molar-refractivity contribution in [3.63, 3.8) is 0 Å². The Hall–Kier alpha value is -1.99. The Balaban J connectivity index is 1.65. The molecular weight excluding hydrogens is 364 g/mol. The molecule has 1 saturated heterocycles. The minimum atomic E-state index is -3.53. The monoisotopic (exact) mass is 388 g/mol. The lowest BCUT2D eigenvalue weighted by Crippen LogP contribution is -2.26. The van der Waals surface area contributed by atoms with Gasteiger partial charge >= 0.3 is 0 Å². The zero-order valence-corrected chi connectivity index (χ0v) is 16.3. The largest absolute Gasteiger partial charge is 0.374 e. The third-order valence-electron chi connectivity index (χ3n) is 4.13. The summed E-state index contributed by atoms with van der Waals surface area (Å²) >= 11 is 0. The second-order valence-electron chi connectivity index (χ2n) is 6.83. The van der Waals surface area contributed by atoms with Gasteiger partial charge in [0, 0.05) is 5.41 Å². The van der Waals surface area contributed by atoms with Crippen molar-refractivity contribution in [3.8, 4) is 0 Å². The zero-order chi connectivity index (χ0) is 19.3. The summed E-state index contributed by atoms with van der Waals surface area (Å²) < 4.78 is 42.4. The van der Waals surface area contributed by atoms with Gasteiger partial charge in [-0.1, -0.05) is 48.5 Å². The first kappa shape index (κ1) is 19.8. The quantitative estimate of drug-likeness (QED) is 0.724. The van der Waals surface area contributed by atoms with Gasteiger partial charge in [0.2, 0.25) is 0 Å². The van der Waals surface area contributed by atoms with Crippen LogP contribution in [0.15, 0.2) is 77.0 Å². The first-order chi connectivity index (χ1) is 12.9. The van der Waals surface area contributed by atoms with E-state index in [9.17, 15) is 8.42 Å². The summed E-state index contributed by atoms with van der Waals surface area (Å²) in [6.45, 7) is 4.37. The van der Waals surface area contributed by atoms with E-state index in [0.717, 1.165) is 5.56 Å². The Morgan fingerprint density at radius 1 is 1.00 bits per heavy atom. The standard InChI is InChI=1S/C21H24O5S/c1-21(2)25-19(13-14-27(22,23)18-11-7-4-8-12-18)20(26-21)16-24-15-17-9-5-3-6-10-17/h3-14,19-20H,15-16H2,1-2H3/b14-13+/t19-,20-/m1/s1. The molecule has 5 nitrogen and oxygen atoms in total. The molecule has 0 unspecified atom stereocenters. The minimum absolute atomic E-state index is 0.247. The maximum Gasteiger partial charge on any atom is 0.199 e. The van der Waals surface area contributed by atoms with Crippen molar-refractivity contribution >= 4 is 9.84 Å². The number of rotatable bonds is 7. The van der Waals surface area contributed by atoms with E-state index in [2.05, 4.69) is 0 Å². The van der Waals surface area contributed by atoms with E-state index in [-0.39, 0.29) is 11.0 Å². The van der Waals surface area contributed by atoms with Crippen LogP contribution in [0, 0.1) is 0 Å². The number of benzene rings is 2. The Morgan fingerprint density at radius 2 is 1.63 bits per heavy atom. The van der Waals surface area contributed by atoms with Crippen molar-refractivity contribution in [2.75, 3.05) is 6.61 Å². The fraction of sp³-hybridized carbons (Fsp3) is 0.333. The number of hydrogen-bond donors (Lipinski definition) is 0. The van der Waals surface area contributed by atoms with Gasteiger partial charge in [-0.2, -0.15) is 0 Å². The average Bonchev–Trinajstić information content (AvgIpc) is 2.95. The van der Waals surface area contributed by atoms with E-state index >= 15 is 0 Å². The number of sulfone groups is 1. The molecule has 2 aromatic carbocycles. The molecule has 6 heteroatoms. The maximum absolute atomic E-state index is 12.4. The first-order valence-corrected chi connectivity index (χ1v) is 10.4. The molecule has 2 atom stereocenters. The lowest BCUT2D eigenvalue weighted by molar-refractivity contribution is -0.148. The molecule has 0 amide bonds. The van der Waals surface area contributed by atoms with Crippen LogP contribution in [0.25, 0.3) is 0 Å². The fourth-order valence-corrected chi connectivity index (χ4v) is 3.95. The van der Waals surface area contributed by atoms with E-state index < -0.39 is 21.7 Å². The number of hydrogen-bond acceptors (Lipinski definition) is 5. The molecule has 0 saturated carbocycles. The molecule has 3 rings (SSSR count). The maximum atomic E-state index is 12.4. The minimum Gasteiger partial charge on any atom is -0.374 e. The van der Waals surface area contributed by atoms with E-state index in [1.54, 1.807) is 44.2 Å². The third kappa shape index (κ3) is 5.49. The Labute approximate surface area is 160 Å². The van der Waals surface area contributed by atoms with Crippen LogP contribution in [-0.4, -0.2) is 33.0 Å². The van der Waals surface area contributed by atoms with Gasteiger partial charge in [-0.05, 0) is 37.6 Å². The zero-order valence-electron chi connectivity index (χ0n) is 15.4. The molecule has 1 aliphatic heterocycles. The Kier molecular flexibility index (Phi) is 6.11. The highest BCUT2D eigenvalue weighted by atomic mass is 32.2. The molecule has 1 fully saturated rings. The molecule has 2 aromatic rings. The highest BCUT2D eigenvalue weighted by Crippen LogP contribution is 2.29. The molecule has 0 N–H and O–H groups in total. The number of ether oxygens (including phenoxy) is 3. The molecule has 0 radical (unpaired) electrons. The highest BCUT2D eigenvalue weighted by Gasteiger charge is 2.40. The summed E-state index contributed by atoms with van der Waals surface area (Å²) in [6, 6.07) is 18.1. The van der Waals surface area contributed by atoms with Crippen molar-refractivity contribution in [2.45, 2.75) is 43.3 Å². The molecule has 144 valence electrons. The predicted octanol–water partition coefficient (Wildman–Crippen LogP) is 3.71. The molecule has 0 aliphatic carbocycles. The van der Waals surface area contributed by atoms with Gasteiger partial charge in [0.1, 0.15) is 12.2 Å². The molecular formula is C21H24O5S. The van der Waals surface area contributed by atoms with Crippen molar-refractivity contribution in [3.05, 3.63) is 77.7 Å². The van der Waals surface area contributed by atoms with Crippen LogP contribution in [0.1, 0.15) is 19.4 Å². The van der Waals surface area contributed by atoms with Crippen molar-refractivity contribution in [1.82, 2.24) is 0 Å². The van der Waals surface area contributed by atoms with Gasteiger partial charge in [-0.15, -0.1) is 0 Å². The molecule has 0 bridgehead atoms. The van der Waals surface area contributed by atoms with E-state index in [1.165, 1.54) is 11.5 Å². The molecule has 27 heavy (non-hydrogen) atoms. The first-order valence-electron chi connectivity index (χ1n) is 8.81. The van der Waals surface area contributed by atoms with Gasteiger partial charge in [0.15, 0.2) is 15.6 Å². The van der Waals surface area contributed by atoms with Crippen LogP contribution < -0.4 is 0 Å². The smallest absolute Gasteiger partial charge is 0.199 e. The third-order valence-corrected chi connectivity index (χ3v) is 5.58. The van der Waals surface area contributed by atoms with Crippen LogP contribution in [0.3, 0.4) is 0 Å². The lowest BCUT2D eigenvalue weighted by Gasteiger charge is -2.16. The lowest BCUT2D eigenvalue weighted by atomic mass is 10.2. The molecule has 0 spiro atoms. The summed E-state index contributed by atoms with van der Waals surface area (Å²) in [5, 5.41) is 1.18. The summed E-state index contributed by atoms with van der Waals surface area (Å²) in [5.41, 5.74) is 1.06. The van der Waals surface area contributed by atoms with E-state index in [1.807, 2.05) is 30.3 Å². The van der Waals surface area contributed by atoms with Crippen LogP contribution in [-0.2, 0) is 30.7 Å². The summed E-state index contributed by atoms with van der Waals surface area (Å²) in [6.07, 6.45) is 0.647. The van der Waals surface area contributed by atoms with Crippen LogP contribution in [0.4, 0.5) is 0 Å². The topological polar surface area (TPSA) is 61.8 Å². The van der Waals surface area contributed by atoms with Crippen molar-refractivity contribution in [2.24, 2.45) is 0 Å². The second-order valence-corrected chi connectivity index (χ2v) is 8.66. The summed E-state index contributed by atoms with van der Waals surface area (Å²) in [4.78, 5) is 0.247. The van der Waals surface area contributed by atoms with Gasteiger partial charge in [-0.25, -0.2) is 8.42 Å². The Morgan fingerprint density at radius 3 is 2.30 bits per heavy atom. The predicted molar refractivity (Wildman–Crippen MR) is 103 cm³/mol.